The lowest BCUT2D eigenvalue weighted by atomic mass is 9.92. The Morgan fingerprint density at radius 3 is 2.71 bits per heavy atom. The Kier molecular flexibility index (Phi) is 4.96. The topological polar surface area (TPSA) is 70.2 Å². The van der Waals surface area contributed by atoms with E-state index in [1.54, 1.807) is 25.2 Å². The van der Waals surface area contributed by atoms with E-state index in [4.69, 9.17) is 0 Å². The smallest absolute Gasteiger partial charge is 0.251 e. The molecule has 2 amide bonds. The van der Waals surface area contributed by atoms with E-state index in [-0.39, 0.29) is 17.7 Å². The van der Waals surface area contributed by atoms with Gasteiger partial charge in [0.2, 0.25) is 5.91 Å². The van der Waals surface area contributed by atoms with Gasteiger partial charge in [-0.15, -0.1) is 0 Å². The molecule has 1 aromatic carbocycles. The lowest BCUT2D eigenvalue weighted by Crippen LogP contribution is -2.40. The highest BCUT2D eigenvalue weighted by atomic mass is 16.2. The molecule has 0 saturated carbocycles. The molecule has 0 aromatic heterocycles. The third kappa shape index (κ3) is 3.82. The van der Waals surface area contributed by atoms with Gasteiger partial charge in [0.25, 0.3) is 5.91 Å². The molecular weight excluding hydrogens is 266 g/mol. The largest absolute Gasteiger partial charge is 0.355 e. The first-order chi connectivity index (χ1) is 10.0. The molecular formula is C16H23N3O2. The lowest BCUT2D eigenvalue weighted by Gasteiger charge is -2.27. The van der Waals surface area contributed by atoms with Gasteiger partial charge in [0, 0.05) is 30.3 Å². The van der Waals surface area contributed by atoms with Crippen LogP contribution in [0.1, 0.15) is 35.7 Å². The summed E-state index contributed by atoms with van der Waals surface area (Å²) in [4.78, 5) is 23.9. The normalized spacial score (nSPS) is 21.7. The summed E-state index contributed by atoms with van der Waals surface area (Å²) in [6, 6.07) is 5.69. The molecule has 0 spiro atoms. The van der Waals surface area contributed by atoms with Crippen LogP contribution in [0.15, 0.2) is 18.2 Å². The first-order valence-electron chi connectivity index (χ1n) is 7.38. The Bertz CT molecular complexity index is 542. The van der Waals surface area contributed by atoms with Crippen molar-refractivity contribution in [3.05, 3.63) is 29.3 Å². The minimum atomic E-state index is -0.122. The zero-order chi connectivity index (χ0) is 15.4. The molecule has 2 atom stereocenters. The summed E-state index contributed by atoms with van der Waals surface area (Å²) >= 11 is 0. The van der Waals surface area contributed by atoms with Crippen LogP contribution >= 0.6 is 0 Å². The summed E-state index contributed by atoms with van der Waals surface area (Å²) in [5, 5.41) is 8.92. The molecule has 1 fully saturated rings. The van der Waals surface area contributed by atoms with Crippen LogP contribution in [0.3, 0.4) is 0 Å². The van der Waals surface area contributed by atoms with Gasteiger partial charge in [-0.1, -0.05) is 0 Å². The molecule has 0 aliphatic carbocycles. The molecule has 1 aromatic rings. The van der Waals surface area contributed by atoms with Crippen LogP contribution in [0, 0.1) is 12.8 Å². The Labute approximate surface area is 125 Å². The number of nitrogens with one attached hydrogen (secondary N) is 3. The molecule has 1 aliphatic heterocycles. The highest BCUT2D eigenvalue weighted by Crippen LogP contribution is 2.21. The van der Waals surface area contributed by atoms with Gasteiger partial charge in [-0.05, 0) is 57.0 Å². The quantitative estimate of drug-likeness (QED) is 0.793. The molecule has 21 heavy (non-hydrogen) atoms. The van der Waals surface area contributed by atoms with Gasteiger partial charge in [0.05, 0.1) is 0 Å². The van der Waals surface area contributed by atoms with Crippen LogP contribution in [0.4, 0.5) is 5.69 Å². The molecule has 0 bridgehead atoms. The number of carbonyl (C=O) groups excluding carboxylic acids is 2. The Morgan fingerprint density at radius 2 is 2.10 bits per heavy atom. The summed E-state index contributed by atoms with van der Waals surface area (Å²) in [7, 11) is 1.60. The Morgan fingerprint density at radius 1 is 1.33 bits per heavy atom. The molecule has 3 N–H and O–H groups in total. The number of amides is 2. The van der Waals surface area contributed by atoms with Crippen molar-refractivity contribution in [2.45, 2.75) is 32.7 Å². The predicted octanol–water partition coefficient (Wildman–Crippen LogP) is 1.68. The highest BCUT2D eigenvalue weighted by Gasteiger charge is 2.25. The van der Waals surface area contributed by atoms with Gasteiger partial charge in [0.1, 0.15) is 0 Å². The summed E-state index contributed by atoms with van der Waals surface area (Å²) < 4.78 is 0. The number of hydrogen-bond acceptors (Lipinski definition) is 3. The first kappa shape index (κ1) is 15.5. The minimum absolute atomic E-state index is 0.0549. The third-order valence-electron chi connectivity index (χ3n) is 3.97. The van der Waals surface area contributed by atoms with E-state index in [1.807, 2.05) is 6.92 Å². The van der Waals surface area contributed by atoms with Crippen LogP contribution in [-0.2, 0) is 4.79 Å². The van der Waals surface area contributed by atoms with Crippen LogP contribution in [0.2, 0.25) is 0 Å². The second-order valence-electron chi connectivity index (χ2n) is 5.67. The molecule has 1 aliphatic rings. The van der Waals surface area contributed by atoms with Gasteiger partial charge in [-0.2, -0.15) is 0 Å². The number of carbonyl (C=O) groups is 2. The Balaban J connectivity index is 2.05. The molecule has 1 heterocycles. The zero-order valence-electron chi connectivity index (χ0n) is 12.8. The van der Waals surface area contributed by atoms with E-state index in [0.717, 1.165) is 30.6 Å². The monoisotopic (exact) mass is 289 g/mol. The van der Waals surface area contributed by atoms with E-state index in [1.165, 1.54) is 0 Å². The summed E-state index contributed by atoms with van der Waals surface area (Å²) in [5.41, 5.74) is 2.27. The summed E-state index contributed by atoms with van der Waals surface area (Å²) in [5.74, 6) is 0.00145. The van der Waals surface area contributed by atoms with Crippen molar-refractivity contribution in [1.82, 2.24) is 10.6 Å². The lowest BCUT2D eigenvalue weighted by molar-refractivity contribution is -0.120. The Hall–Kier alpha value is -1.88. The average molecular weight is 289 g/mol. The molecule has 2 unspecified atom stereocenters. The van der Waals surface area contributed by atoms with Crippen LogP contribution in [0.25, 0.3) is 0 Å². The van der Waals surface area contributed by atoms with E-state index < -0.39 is 0 Å². The van der Waals surface area contributed by atoms with E-state index in [0.29, 0.717) is 11.6 Å². The number of piperidine rings is 1. The van der Waals surface area contributed by atoms with Crippen molar-refractivity contribution >= 4 is 17.5 Å². The second-order valence-corrected chi connectivity index (χ2v) is 5.67. The van der Waals surface area contributed by atoms with Gasteiger partial charge < -0.3 is 16.0 Å². The molecule has 0 radical (unpaired) electrons. The van der Waals surface area contributed by atoms with Crippen LogP contribution in [-0.4, -0.2) is 31.4 Å². The zero-order valence-corrected chi connectivity index (χ0v) is 12.8. The second kappa shape index (κ2) is 6.72. The average Bonchev–Trinajstić information content (AvgIpc) is 2.48. The summed E-state index contributed by atoms with van der Waals surface area (Å²) in [6.07, 6.45) is 1.73. The number of hydrogen-bond donors (Lipinski definition) is 3. The molecule has 5 heteroatoms. The van der Waals surface area contributed by atoms with Crippen molar-refractivity contribution in [1.29, 1.82) is 0 Å². The SMILES string of the molecule is CNC(=O)c1ccc(NC(=O)C2CCNC(C)C2)c(C)c1. The molecule has 114 valence electrons. The van der Waals surface area contributed by atoms with Gasteiger partial charge in [-0.25, -0.2) is 0 Å². The van der Waals surface area contributed by atoms with E-state index in [2.05, 4.69) is 22.9 Å². The van der Waals surface area contributed by atoms with Crippen molar-refractivity contribution in [2.75, 3.05) is 18.9 Å². The van der Waals surface area contributed by atoms with Gasteiger partial charge in [0.15, 0.2) is 0 Å². The number of aryl methyl sites for hydroxylation is 1. The van der Waals surface area contributed by atoms with Crippen molar-refractivity contribution in [2.24, 2.45) is 5.92 Å². The molecule has 5 nitrogen and oxygen atoms in total. The molecule has 2 rings (SSSR count). The van der Waals surface area contributed by atoms with Crippen molar-refractivity contribution < 1.29 is 9.59 Å². The third-order valence-corrected chi connectivity index (χ3v) is 3.97. The predicted molar refractivity (Wildman–Crippen MR) is 83.4 cm³/mol. The van der Waals surface area contributed by atoms with E-state index in [9.17, 15) is 9.59 Å². The number of rotatable bonds is 3. The maximum atomic E-state index is 12.3. The van der Waals surface area contributed by atoms with Gasteiger partial charge in [-0.3, -0.25) is 9.59 Å². The minimum Gasteiger partial charge on any atom is -0.355 e. The highest BCUT2D eigenvalue weighted by molar-refractivity contribution is 5.97. The van der Waals surface area contributed by atoms with E-state index >= 15 is 0 Å². The number of anilines is 1. The standard InChI is InChI=1S/C16H23N3O2/c1-10-8-12(15(20)17-3)4-5-14(10)19-16(21)13-6-7-18-11(2)9-13/h4-5,8,11,13,18H,6-7,9H2,1-3H3,(H,17,20)(H,19,21). The fourth-order valence-electron chi connectivity index (χ4n) is 2.69. The maximum absolute atomic E-state index is 12.3. The van der Waals surface area contributed by atoms with Crippen molar-refractivity contribution in [3.63, 3.8) is 0 Å². The fraction of sp³-hybridized carbons (Fsp3) is 0.500. The van der Waals surface area contributed by atoms with Crippen molar-refractivity contribution in [3.8, 4) is 0 Å². The first-order valence-corrected chi connectivity index (χ1v) is 7.38. The van der Waals surface area contributed by atoms with Gasteiger partial charge >= 0.3 is 0 Å². The molecule has 1 saturated heterocycles. The van der Waals surface area contributed by atoms with Crippen LogP contribution in [0.5, 0.6) is 0 Å². The maximum Gasteiger partial charge on any atom is 0.251 e. The fourth-order valence-corrected chi connectivity index (χ4v) is 2.69. The summed E-state index contributed by atoms with van der Waals surface area (Å²) in [6.45, 7) is 4.88. The number of benzene rings is 1. The van der Waals surface area contributed by atoms with Crippen LogP contribution < -0.4 is 16.0 Å².